The number of hydrogen-bond donors (Lipinski definition) is 1. The van der Waals surface area contributed by atoms with Gasteiger partial charge in [0.15, 0.2) is 5.78 Å². The van der Waals surface area contributed by atoms with E-state index in [4.69, 9.17) is 11.6 Å². The fourth-order valence-electron chi connectivity index (χ4n) is 1.33. The first-order chi connectivity index (χ1) is 7.49. The Morgan fingerprint density at radius 3 is 2.44 bits per heavy atom. The third kappa shape index (κ3) is 4.07. The molecule has 0 aromatic heterocycles. The van der Waals surface area contributed by atoms with Crippen molar-refractivity contribution in [1.82, 2.24) is 0 Å². The summed E-state index contributed by atoms with van der Waals surface area (Å²) in [7, 11) is 0. The second-order valence-corrected chi connectivity index (χ2v) is 4.54. The van der Waals surface area contributed by atoms with E-state index in [1.54, 1.807) is 24.3 Å². The summed E-state index contributed by atoms with van der Waals surface area (Å²) in [5, 5.41) is 10.1. The Morgan fingerprint density at radius 1 is 1.38 bits per heavy atom. The van der Waals surface area contributed by atoms with E-state index in [0.717, 1.165) is 0 Å². The maximum Gasteiger partial charge on any atom is 0.189 e. The quantitative estimate of drug-likeness (QED) is 0.489. The van der Waals surface area contributed by atoms with Crippen molar-refractivity contribution in [2.75, 3.05) is 0 Å². The molecule has 1 aromatic carbocycles. The van der Waals surface area contributed by atoms with Crippen LogP contribution in [0.3, 0.4) is 0 Å². The summed E-state index contributed by atoms with van der Waals surface area (Å²) in [6.07, 6.45) is 1.78. The lowest BCUT2D eigenvalue weighted by Gasteiger charge is -2.03. The third-order valence-electron chi connectivity index (χ3n) is 2.04. The number of aliphatic hydroxyl groups is 1. The lowest BCUT2D eigenvalue weighted by molar-refractivity contribution is 0.104. The topological polar surface area (TPSA) is 37.3 Å². The van der Waals surface area contributed by atoms with Gasteiger partial charge in [-0.15, -0.1) is 0 Å². The minimum atomic E-state index is -0.199. The van der Waals surface area contributed by atoms with Crippen LogP contribution in [0.4, 0.5) is 0 Å². The second-order valence-electron chi connectivity index (χ2n) is 4.10. The van der Waals surface area contributed by atoms with Crippen LogP contribution in [0.5, 0.6) is 0 Å². The molecule has 0 aliphatic heterocycles. The van der Waals surface area contributed by atoms with Crippen molar-refractivity contribution in [3.05, 3.63) is 46.7 Å². The van der Waals surface area contributed by atoms with Gasteiger partial charge in [-0.05, 0) is 30.2 Å². The molecular formula is C13H15ClO2. The van der Waals surface area contributed by atoms with Crippen molar-refractivity contribution in [2.45, 2.75) is 20.3 Å². The smallest absolute Gasteiger partial charge is 0.189 e. The van der Waals surface area contributed by atoms with Gasteiger partial charge in [0.25, 0.3) is 0 Å². The Kier molecular flexibility index (Phi) is 4.56. The van der Waals surface area contributed by atoms with Crippen molar-refractivity contribution in [2.24, 2.45) is 5.92 Å². The highest BCUT2D eigenvalue weighted by Gasteiger charge is 2.05. The second kappa shape index (κ2) is 5.71. The number of hydrogen-bond acceptors (Lipinski definition) is 2. The number of allylic oxidation sites excluding steroid dienone is 2. The summed E-state index contributed by atoms with van der Waals surface area (Å²) < 4.78 is 0. The Balaban J connectivity index is 2.75. The van der Waals surface area contributed by atoms with Crippen LogP contribution in [-0.2, 0) is 0 Å². The van der Waals surface area contributed by atoms with E-state index in [-0.39, 0.29) is 11.5 Å². The first-order valence-corrected chi connectivity index (χ1v) is 5.56. The van der Waals surface area contributed by atoms with Gasteiger partial charge in [0.2, 0.25) is 0 Å². The van der Waals surface area contributed by atoms with Gasteiger partial charge in [-0.2, -0.15) is 0 Å². The number of benzene rings is 1. The van der Waals surface area contributed by atoms with Crippen molar-refractivity contribution in [1.29, 1.82) is 0 Å². The van der Waals surface area contributed by atoms with Crippen molar-refractivity contribution in [3.63, 3.8) is 0 Å². The van der Waals surface area contributed by atoms with Crippen LogP contribution in [0.15, 0.2) is 36.1 Å². The minimum absolute atomic E-state index is 0.120. The van der Waals surface area contributed by atoms with Crippen LogP contribution in [-0.4, -0.2) is 10.9 Å². The van der Waals surface area contributed by atoms with Crippen LogP contribution in [0, 0.1) is 5.92 Å². The van der Waals surface area contributed by atoms with E-state index < -0.39 is 0 Å². The van der Waals surface area contributed by atoms with Crippen LogP contribution < -0.4 is 0 Å². The molecule has 0 fully saturated rings. The molecule has 1 rings (SSSR count). The normalized spacial score (nSPS) is 11.9. The van der Waals surface area contributed by atoms with Gasteiger partial charge in [0, 0.05) is 23.1 Å². The molecular weight excluding hydrogens is 224 g/mol. The third-order valence-corrected chi connectivity index (χ3v) is 2.30. The Labute approximate surface area is 101 Å². The highest BCUT2D eigenvalue weighted by molar-refractivity contribution is 6.30. The van der Waals surface area contributed by atoms with Gasteiger partial charge in [-0.1, -0.05) is 25.4 Å². The van der Waals surface area contributed by atoms with Gasteiger partial charge in [0.05, 0.1) is 5.76 Å². The molecule has 1 aromatic rings. The average molecular weight is 239 g/mol. The van der Waals surface area contributed by atoms with Crippen LogP contribution in [0.1, 0.15) is 30.6 Å². The highest BCUT2D eigenvalue weighted by Crippen LogP contribution is 2.12. The van der Waals surface area contributed by atoms with Gasteiger partial charge < -0.3 is 5.11 Å². The largest absolute Gasteiger partial charge is 0.512 e. The molecule has 3 heteroatoms. The van der Waals surface area contributed by atoms with Gasteiger partial charge in [-0.25, -0.2) is 0 Å². The number of halogens is 1. The van der Waals surface area contributed by atoms with E-state index in [2.05, 4.69) is 0 Å². The zero-order valence-electron chi connectivity index (χ0n) is 9.40. The summed E-state index contributed by atoms with van der Waals surface area (Å²) in [6, 6.07) is 6.60. The number of carbonyl (C=O) groups is 1. The van der Waals surface area contributed by atoms with E-state index in [0.29, 0.717) is 22.9 Å². The predicted molar refractivity (Wildman–Crippen MR) is 65.9 cm³/mol. The molecule has 16 heavy (non-hydrogen) atoms. The van der Waals surface area contributed by atoms with Gasteiger partial charge in [0.1, 0.15) is 0 Å². The first-order valence-electron chi connectivity index (χ1n) is 5.18. The molecule has 0 bridgehead atoms. The summed E-state index contributed by atoms with van der Waals surface area (Å²) in [4.78, 5) is 11.7. The maximum atomic E-state index is 11.7. The van der Waals surface area contributed by atoms with Gasteiger partial charge in [-0.3, -0.25) is 4.79 Å². The molecule has 0 aliphatic rings. The van der Waals surface area contributed by atoms with E-state index >= 15 is 0 Å². The molecule has 0 unspecified atom stereocenters. The average Bonchev–Trinajstić information content (AvgIpc) is 2.16. The molecule has 0 spiro atoms. The fourth-order valence-corrected chi connectivity index (χ4v) is 1.45. The molecule has 0 saturated carbocycles. The molecule has 0 heterocycles. The van der Waals surface area contributed by atoms with Crippen LogP contribution in [0.2, 0.25) is 5.02 Å². The number of aliphatic hydroxyl groups excluding tert-OH is 1. The summed E-state index contributed by atoms with van der Waals surface area (Å²) in [6.45, 7) is 3.97. The van der Waals surface area contributed by atoms with Crippen LogP contribution >= 0.6 is 11.6 Å². The SMILES string of the molecule is CC(C)C/C(O)=C/C(=O)c1ccc(Cl)cc1. The molecule has 0 atom stereocenters. The maximum absolute atomic E-state index is 11.7. The monoisotopic (exact) mass is 238 g/mol. The highest BCUT2D eigenvalue weighted by atomic mass is 35.5. The summed E-state index contributed by atoms with van der Waals surface area (Å²) in [5.41, 5.74) is 0.528. The molecule has 0 radical (unpaired) electrons. The van der Waals surface area contributed by atoms with E-state index in [1.165, 1.54) is 6.08 Å². The molecule has 0 saturated heterocycles. The van der Waals surface area contributed by atoms with Crippen LogP contribution in [0.25, 0.3) is 0 Å². The van der Waals surface area contributed by atoms with Crippen molar-refractivity contribution in [3.8, 4) is 0 Å². The summed E-state index contributed by atoms with van der Waals surface area (Å²) >= 11 is 5.71. The van der Waals surface area contributed by atoms with Crippen molar-refractivity contribution < 1.29 is 9.90 Å². The van der Waals surface area contributed by atoms with E-state index in [9.17, 15) is 9.90 Å². The molecule has 86 valence electrons. The first kappa shape index (κ1) is 12.8. The molecule has 0 aliphatic carbocycles. The van der Waals surface area contributed by atoms with Gasteiger partial charge >= 0.3 is 0 Å². The van der Waals surface area contributed by atoms with E-state index in [1.807, 2.05) is 13.8 Å². The lowest BCUT2D eigenvalue weighted by Crippen LogP contribution is -1.98. The van der Waals surface area contributed by atoms with Crippen molar-refractivity contribution >= 4 is 17.4 Å². The number of carbonyl (C=O) groups excluding carboxylic acids is 1. The molecule has 1 N–H and O–H groups in total. The zero-order valence-corrected chi connectivity index (χ0v) is 10.2. The minimum Gasteiger partial charge on any atom is -0.512 e. The predicted octanol–water partition coefficient (Wildman–Crippen LogP) is 4.01. The fraction of sp³-hybridized carbons (Fsp3) is 0.308. The standard InChI is InChI=1S/C13H15ClO2/c1-9(2)7-12(15)8-13(16)10-3-5-11(14)6-4-10/h3-6,8-9,15H,7H2,1-2H3/b12-8-. The molecule has 2 nitrogen and oxygen atoms in total. The Bertz CT molecular complexity index is 391. The Hall–Kier alpha value is -1.28. The number of rotatable bonds is 4. The molecule has 0 amide bonds. The zero-order chi connectivity index (χ0) is 12.1. The number of ketones is 1. The summed E-state index contributed by atoms with van der Waals surface area (Å²) in [5.74, 6) is 0.249. The Morgan fingerprint density at radius 2 is 1.94 bits per heavy atom. The lowest BCUT2D eigenvalue weighted by atomic mass is 10.1.